The van der Waals surface area contributed by atoms with E-state index in [1.165, 1.54) is 30.6 Å². The number of nitrogens with zero attached hydrogens (tertiary/aromatic N) is 1. The van der Waals surface area contributed by atoms with Crippen LogP contribution in [0.2, 0.25) is 0 Å². The van der Waals surface area contributed by atoms with Gasteiger partial charge in [-0.25, -0.2) is 4.98 Å². The number of amides is 1. The number of esters is 1. The highest BCUT2D eigenvalue weighted by Gasteiger charge is 2.31. The van der Waals surface area contributed by atoms with Crippen molar-refractivity contribution < 1.29 is 36.7 Å². The van der Waals surface area contributed by atoms with Crippen LogP contribution in [0.15, 0.2) is 70.5 Å². The minimum atomic E-state index is -4.80. The Hall–Kier alpha value is -4.12. The topological polar surface area (TPSA) is 90.7 Å². The van der Waals surface area contributed by atoms with Gasteiger partial charge in [0, 0.05) is 22.2 Å². The Kier molecular flexibility index (Phi) is 6.87. The SMILES string of the molecule is COC(=O)Cc1nc(-c2ccc(-c3ccc(NC(=O)c4ccc(OC(F)(F)F)cc4)cc3)o2)cs1. The van der Waals surface area contributed by atoms with Gasteiger partial charge in [0.05, 0.1) is 13.5 Å². The second-order valence-corrected chi connectivity index (χ2v) is 8.09. The van der Waals surface area contributed by atoms with Crippen molar-refractivity contribution in [3.63, 3.8) is 0 Å². The van der Waals surface area contributed by atoms with Gasteiger partial charge in [-0.05, 0) is 60.7 Å². The highest BCUT2D eigenvalue weighted by molar-refractivity contribution is 7.10. The van der Waals surface area contributed by atoms with Crippen molar-refractivity contribution in [1.82, 2.24) is 4.98 Å². The van der Waals surface area contributed by atoms with Crippen molar-refractivity contribution in [2.75, 3.05) is 12.4 Å². The lowest BCUT2D eigenvalue weighted by Gasteiger charge is -2.09. The second kappa shape index (κ2) is 10.0. The van der Waals surface area contributed by atoms with Crippen molar-refractivity contribution in [1.29, 1.82) is 0 Å². The maximum absolute atomic E-state index is 12.4. The van der Waals surface area contributed by atoms with E-state index >= 15 is 0 Å². The number of thiazole rings is 1. The van der Waals surface area contributed by atoms with E-state index in [4.69, 9.17) is 4.42 Å². The molecule has 0 saturated heterocycles. The van der Waals surface area contributed by atoms with Crippen LogP contribution >= 0.6 is 11.3 Å². The van der Waals surface area contributed by atoms with E-state index in [-0.39, 0.29) is 18.0 Å². The zero-order valence-electron chi connectivity index (χ0n) is 18.1. The Morgan fingerprint density at radius 3 is 2.34 bits per heavy atom. The molecule has 0 aliphatic heterocycles. The molecule has 2 aromatic heterocycles. The van der Waals surface area contributed by atoms with Crippen molar-refractivity contribution in [3.05, 3.63) is 76.6 Å². The van der Waals surface area contributed by atoms with Crippen molar-refractivity contribution in [3.8, 4) is 28.5 Å². The summed E-state index contributed by atoms with van der Waals surface area (Å²) in [7, 11) is 1.32. The summed E-state index contributed by atoms with van der Waals surface area (Å²) in [6, 6.07) is 15.0. The molecule has 0 spiro atoms. The van der Waals surface area contributed by atoms with Gasteiger partial charge in [0.25, 0.3) is 5.91 Å². The number of aromatic nitrogens is 1. The maximum atomic E-state index is 12.4. The predicted molar refractivity (Wildman–Crippen MR) is 122 cm³/mol. The van der Waals surface area contributed by atoms with E-state index in [2.05, 4.69) is 19.8 Å². The Labute approximate surface area is 201 Å². The number of alkyl halides is 3. The number of carbonyl (C=O) groups excluding carboxylic acids is 2. The molecule has 0 aliphatic carbocycles. The summed E-state index contributed by atoms with van der Waals surface area (Å²) in [4.78, 5) is 28.2. The van der Waals surface area contributed by atoms with Crippen LogP contribution < -0.4 is 10.1 Å². The maximum Gasteiger partial charge on any atom is 0.573 e. The smallest absolute Gasteiger partial charge is 0.469 e. The summed E-state index contributed by atoms with van der Waals surface area (Å²) in [5.41, 5.74) is 2.03. The van der Waals surface area contributed by atoms with E-state index in [1.54, 1.807) is 41.8 Å². The molecular formula is C24H17F3N2O5S. The first-order valence-electron chi connectivity index (χ1n) is 10.1. The minimum Gasteiger partial charge on any atom is -0.469 e. The summed E-state index contributed by atoms with van der Waals surface area (Å²) in [6.45, 7) is 0. The fraction of sp³-hybridized carbons (Fsp3) is 0.125. The van der Waals surface area contributed by atoms with Crippen LogP contribution in [0.1, 0.15) is 15.4 Å². The lowest BCUT2D eigenvalue weighted by atomic mass is 10.1. The molecule has 7 nitrogen and oxygen atoms in total. The fourth-order valence-corrected chi connectivity index (χ4v) is 3.83. The van der Waals surface area contributed by atoms with Gasteiger partial charge in [-0.3, -0.25) is 9.59 Å². The number of hydrogen-bond acceptors (Lipinski definition) is 7. The Morgan fingerprint density at radius 1 is 1.00 bits per heavy atom. The number of benzene rings is 2. The number of rotatable bonds is 7. The number of halogens is 3. The number of furan rings is 1. The van der Waals surface area contributed by atoms with Crippen LogP contribution in [0, 0.1) is 0 Å². The molecule has 0 fully saturated rings. The van der Waals surface area contributed by atoms with Crippen LogP contribution in [0.5, 0.6) is 5.75 Å². The van der Waals surface area contributed by atoms with Gasteiger partial charge in [-0.2, -0.15) is 0 Å². The second-order valence-electron chi connectivity index (χ2n) is 7.15. The molecule has 11 heteroatoms. The van der Waals surface area contributed by atoms with Gasteiger partial charge in [0.1, 0.15) is 22.2 Å². The molecule has 0 aliphatic rings. The van der Waals surface area contributed by atoms with Crippen LogP contribution in [-0.4, -0.2) is 30.3 Å². The molecule has 35 heavy (non-hydrogen) atoms. The molecule has 2 heterocycles. The summed E-state index contributed by atoms with van der Waals surface area (Å²) in [5.74, 6) is -0.134. The molecule has 0 saturated carbocycles. The van der Waals surface area contributed by atoms with E-state index in [0.29, 0.717) is 27.9 Å². The third-order valence-corrected chi connectivity index (χ3v) is 5.56. The largest absolute Gasteiger partial charge is 0.573 e. The molecule has 1 N–H and O–H groups in total. The molecule has 180 valence electrons. The average Bonchev–Trinajstić information content (AvgIpc) is 3.49. The van der Waals surface area contributed by atoms with Crippen molar-refractivity contribution >= 4 is 28.9 Å². The molecule has 0 radical (unpaired) electrons. The van der Waals surface area contributed by atoms with Gasteiger partial charge >= 0.3 is 12.3 Å². The average molecular weight is 502 g/mol. The van der Waals surface area contributed by atoms with Crippen molar-refractivity contribution in [2.45, 2.75) is 12.8 Å². The van der Waals surface area contributed by atoms with Crippen LogP contribution in [0.3, 0.4) is 0 Å². The van der Waals surface area contributed by atoms with Crippen LogP contribution in [0.4, 0.5) is 18.9 Å². The molecule has 0 unspecified atom stereocenters. The summed E-state index contributed by atoms with van der Waals surface area (Å²) < 4.78 is 51.1. The molecule has 0 bridgehead atoms. The number of nitrogens with one attached hydrogen (secondary N) is 1. The Morgan fingerprint density at radius 2 is 1.69 bits per heavy atom. The van der Waals surface area contributed by atoms with Gasteiger partial charge in [0.15, 0.2) is 5.76 Å². The predicted octanol–water partition coefficient (Wildman–Crippen LogP) is 5.94. The van der Waals surface area contributed by atoms with Crippen molar-refractivity contribution in [2.24, 2.45) is 0 Å². The Bertz CT molecular complexity index is 1330. The third-order valence-electron chi connectivity index (χ3n) is 4.71. The van der Waals surface area contributed by atoms with Crippen LogP contribution in [0.25, 0.3) is 22.8 Å². The first-order valence-corrected chi connectivity index (χ1v) is 11.0. The number of carbonyl (C=O) groups is 2. The third kappa shape index (κ3) is 6.27. The first kappa shape index (κ1) is 24.0. The zero-order valence-corrected chi connectivity index (χ0v) is 18.9. The molecule has 1 amide bonds. The minimum absolute atomic E-state index is 0.0907. The first-order chi connectivity index (χ1) is 16.7. The zero-order chi connectivity index (χ0) is 25.0. The van der Waals surface area contributed by atoms with Gasteiger partial charge in [-0.15, -0.1) is 24.5 Å². The van der Waals surface area contributed by atoms with E-state index < -0.39 is 18.0 Å². The molecule has 4 rings (SSSR count). The monoisotopic (exact) mass is 502 g/mol. The normalized spacial score (nSPS) is 11.2. The summed E-state index contributed by atoms with van der Waals surface area (Å²) in [6.07, 6.45) is -4.71. The number of hydrogen-bond donors (Lipinski definition) is 1. The lowest BCUT2D eigenvalue weighted by molar-refractivity contribution is -0.274. The number of ether oxygens (including phenoxy) is 2. The standard InChI is InChI=1S/C24H17F3N2O5S/c1-32-22(30)12-21-29-18(13-35-21)20-11-10-19(33-20)14-2-6-16(7-3-14)28-23(31)15-4-8-17(9-5-15)34-24(25,26)27/h2-11,13H,12H2,1H3,(H,28,31). The molecule has 0 atom stereocenters. The summed E-state index contributed by atoms with van der Waals surface area (Å²) >= 11 is 1.33. The summed E-state index contributed by atoms with van der Waals surface area (Å²) in [5, 5.41) is 5.09. The number of anilines is 1. The van der Waals surface area contributed by atoms with Gasteiger partial charge < -0.3 is 19.2 Å². The molecular weight excluding hydrogens is 485 g/mol. The van der Waals surface area contributed by atoms with E-state index in [0.717, 1.165) is 17.7 Å². The van der Waals surface area contributed by atoms with Crippen LogP contribution in [-0.2, 0) is 16.0 Å². The lowest BCUT2D eigenvalue weighted by Crippen LogP contribution is -2.17. The fourth-order valence-electron chi connectivity index (χ4n) is 3.06. The van der Waals surface area contributed by atoms with Gasteiger partial charge in [0.2, 0.25) is 0 Å². The Balaban J connectivity index is 1.39. The highest BCUT2D eigenvalue weighted by atomic mass is 32.1. The highest BCUT2D eigenvalue weighted by Crippen LogP contribution is 2.30. The van der Waals surface area contributed by atoms with E-state index in [9.17, 15) is 22.8 Å². The molecule has 4 aromatic rings. The quantitative estimate of drug-likeness (QED) is 0.315. The van der Waals surface area contributed by atoms with E-state index in [1.807, 2.05) is 0 Å². The number of methoxy groups -OCH3 is 1. The van der Waals surface area contributed by atoms with Gasteiger partial charge in [-0.1, -0.05) is 0 Å². The molecule has 2 aromatic carbocycles.